The lowest BCUT2D eigenvalue weighted by atomic mass is 10.2. The predicted molar refractivity (Wildman–Crippen MR) is 76.3 cm³/mol. The Labute approximate surface area is 118 Å². The number of carbonyl (C=O) groups excluding carboxylic acids is 1. The number of hydrogen-bond donors (Lipinski definition) is 2. The van der Waals surface area contributed by atoms with Crippen molar-refractivity contribution in [2.75, 3.05) is 11.1 Å². The van der Waals surface area contributed by atoms with Crippen LogP contribution in [0.2, 0.25) is 0 Å². The standard InChI is InChI=1S/C10H7Br2N3OS/c11-5-1-6(12)9(7(13)2-5)15-10(16)8-3-17-4-14-8/h1-4H,13H2,(H,15,16). The van der Waals surface area contributed by atoms with Gasteiger partial charge in [-0.3, -0.25) is 4.79 Å². The van der Waals surface area contributed by atoms with Crippen LogP contribution in [0.4, 0.5) is 11.4 Å². The Morgan fingerprint density at radius 1 is 1.41 bits per heavy atom. The highest BCUT2D eigenvalue weighted by Gasteiger charge is 2.12. The average molecular weight is 377 g/mol. The van der Waals surface area contributed by atoms with Crippen LogP contribution in [-0.4, -0.2) is 10.9 Å². The summed E-state index contributed by atoms with van der Waals surface area (Å²) in [6, 6.07) is 3.54. The van der Waals surface area contributed by atoms with E-state index in [9.17, 15) is 4.79 Å². The van der Waals surface area contributed by atoms with Gasteiger partial charge in [-0.15, -0.1) is 11.3 Å². The predicted octanol–water partition coefficient (Wildman–Crippen LogP) is 3.50. The van der Waals surface area contributed by atoms with Crippen molar-refractivity contribution in [3.8, 4) is 0 Å². The fourth-order valence-electron chi connectivity index (χ4n) is 1.23. The van der Waals surface area contributed by atoms with E-state index < -0.39 is 0 Å². The van der Waals surface area contributed by atoms with Gasteiger partial charge >= 0.3 is 0 Å². The molecule has 3 N–H and O–H groups in total. The second-order valence-electron chi connectivity index (χ2n) is 3.18. The third-order valence-corrected chi connectivity index (χ3v) is 3.66. The molecule has 0 saturated heterocycles. The molecule has 88 valence electrons. The number of aromatic nitrogens is 1. The summed E-state index contributed by atoms with van der Waals surface area (Å²) >= 11 is 8.03. The Morgan fingerprint density at radius 2 is 2.18 bits per heavy atom. The molecule has 0 fully saturated rings. The van der Waals surface area contributed by atoms with Crippen LogP contribution in [0.5, 0.6) is 0 Å². The summed E-state index contributed by atoms with van der Waals surface area (Å²) in [4.78, 5) is 15.7. The van der Waals surface area contributed by atoms with Crippen molar-refractivity contribution in [3.05, 3.63) is 37.7 Å². The molecule has 0 spiro atoms. The van der Waals surface area contributed by atoms with Crippen LogP contribution in [-0.2, 0) is 0 Å². The lowest BCUT2D eigenvalue weighted by molar-refractivity contribution is 0.102. The molecule has 2 rings (SSSR count). The Morgan fingerprint density at radius 3 is 2.76 bits per heavy atom. The lowest BCUT2D eigenvalue weighted by Gasteiger charge is -2.09. The molecule has 0 aliphatic carbocycles. The van der Waals surface area contributed by atoms with Crippen LogP contribution < -0.4 is 11.1 Å². The van der Waals surface area contributed by atoms with Crippen molar-refractivity contribution in [3.63, 3.8) is 0 Å². The van der Waals surface area contributed by atoms with Gasteiger partial charge in [-0.1, -0.05) is 15.9 Å². The van der Waals surface area contributed by atoms with E-state index in [0.29, 0.717) is 21.5 Å². The van der Waals surface area contributed by atoms with E-state index in [4.69, 9.17) is 5.73 Å². The molecule has 1 heterocycles. The van der Waals surface area contributed by atoms with Crippen molar-refractivity contribution in [2.45, 2.75) is 0 Å². The highest BCUT2D eigenvalue weighted by Crippen LogP contribution is 2.32. The number of rotatable bonds is 2. The topological polar surface area (TPSA) is 68.0 Å². The fraction of sp³-hybridized carbons (Fsp3) is 0. The molecule has 2 aromatic rings. The SMILES string of the molecule is Nc1cc(Br)cc(Br)c1NC(=O)c1cscn1. The summed E-state index contributed by atoms with van der Waals surface area (Å²) in [5.41, 5.74) is 8.85. The Bertz CT molecular complexity index is 534. The van der Waals surface area contributed by atoms with Gasteiger partial charge in [-0.25, -0.2) is 4.98 Å². The quantitative estimate of drug-likeness (QED) is 0.788. The van der Waals surface area contributed by atoms with Crippen molar-refractivity contribution in [2.24, 2.45) is 0 Å². The summed E-state index contributed by atoms with van der Waals surface area (Å²) in [6.45, 7) is 0. The number of hydrogen-bond acceptors (Lipinski definition) is 4. The van der Waals surface area contributed by atoms with Crippen LogP contribution in [0.25, 0.3) is 0 Å². The molecule has 0 aliphatic heterocycles. The summed E-state index contributed by atoms with van der Waals surface area (Å²) in [7, 11) is 0. The molecular formula is C10H7Br2N3OS. The van der Waals surface area contributed by atoms with E-state index >= 15 is 0 Å². The maximum absolute atomic E-state index is 11.8. The minimum Gasteiger partial charge on any atom is -0.397 e. The van der Waals surface area contributed by atoms with E-state index in [1.54, 1.807) is 17.0 Å². The molecule has 1 aromatic carbocycles. The van der Waals surface area contributed by atoms with Gasteiger partial charge < -0.3 is 11.1 Å². The molecule has 0 bridgehead atoms. The Hall–Kier alpha value is -0.920. The van der Waals surface area contributed by atoms with Gasteiger partial charge in [0.05, 0.1) is 16.9 Å². The van der Waals surface area contributed by atoms with E-state index in [0.717, 1.165) is 4.47 Å². The fourth-order valence-corrected chi connectivity index (χ4v) is 3.12. The van der Waals surface area contributed by atoms with Crippen LogP contribution in [0.1, 0.15) is 10.5 Å². The molecule has 0 saturated carbocycles. The first kappa shape index (κ1) is 12.5. The normalized spacial score (nSPS) is 10.2. The molecule has 0 aliphatic rings. The second kappa shape index (κ2) is 5.16. The number of thiazole rings is 1. The maximum atomic E-state index is 11.8. The summed E-state index contributed by atoms with van der Waals surface area (Å²) < 4.78 is 1.56. The van der Waals surface area contributed by atoms with Gasteiger partial charge in [0.2, 0.25) is 0 Å². The number of nitrogens with two attached hydrogens (primary N) is 1. The summed E-state index contributed by atoms with van der Waals surface area (Å²) in [6.07, 6.45) is 0. The van der Waals surface area contributed by atoms with Gasteiger partial charge in [0.15, 0.2) is 0 Å². The molecule has 17 heavy (non-hydrogen) atoms. The zero-order valence-corrected chi connectivity index (χ0v) is 12.4. The highest BCUT2D eigenvalue weighted by atomic mass is 79.9. The van der Waals surface area contributed by atoms with Gasteiger partial charge in [0.1, 0.15) is 5.69 Å². The number of carbonyl (C=O) groups is 1. The highest BCUT2D eigenvalue weighted by molar-refractivity contribution is 9.11. The third-order valence-electron chi connectivity index (χ3n) is 1.99. The number of nitrogens with zero attached hydrogens (tertiary/aromatic N) is 1. The van der Waals surface area contributed by atoms with Crippen molar-refractivity contribution >= 4 is 60.5 Å². The van der Waals surface area contributed by atoms with Crippen LogP contribution in [0.15, 0.2) is 32.0 Å². The van der Waals surface area contributed by atoms with Crippen molar-refractivity contribution in [1.29, 1.82) is 0 Å². The monoisotopic (exact) mass is 375 g/mol. The first-order valence-corrected chi connectivity index (χ1v) is 7.05. The number of anilines is 2. The van der Waals surface area contributed by atoms with Gasteiger partial charge in [0, 0.05) is 14.3 Å². The van der Waals surface area contributed by atoms with Gasteiger partial charge in [-0.05, 0) is 28.1 Å². The first-order valence-electron chi connectivity index (χ1n) is 4.52. The van der Waals surface area contributed by atoms with Gasteiger partial charge in [-0.2, -0.15) is 0 Å². The van der Waals surface area contributed by atoms with E-state index in [1.165, 1.54) is 11.3 Å². The summed E-state index contributed by atoms with van der Waals surface area (Å²) in [5.74, 6) is -0.277. The van der Waals surface area contributed by atoms with Gasteiger partial charge in [0.25, 0.3) is 5.91 Å². The smallest absolute Gasteiger partial charge is 0.275 e. The zero-order chi connectivity index (χ0) is 12.4. The zero-order valence-electron chi connectivity index (χ0n) is 8.41. The molecule has 1 aromatic heterocycles. The minimum atomic E-state index is -0.277. The average Bonchev–Trinajstić information content (AvgIpc) is 2.76. The number of benzene rings is 1. The lowest BCUT2D eigenvalue weighted by Crippen LogP contribution is -2.14. The second-order valence-corrected chi connectivity index (χ2v) is 5.67. The molecule has 7 heteroatoms. The van der Waals surface area contributed by atoms with E-state index in [-0.39, 0.29) is 5.91 Å². The van der Waals surface area contributed by atoms with Crippen LogP contribution >= 0.6 is 43.2 Å². The maximum Gasteiger partial charge on any atom is 0.275 e. The molecule has 0 atom stereocenters. The molecule has 1 amide bonds. The number of nitrogen functional groups attached to an aromatic ring is 1. The van der Waals surface area contributed by atoms with Crippen molar-refractivity contribution < 1.29 is 4.79 Å². The summed E-state index contributed by atoms with van der Waals surface area (Å²) in [5, 5.41) is 4.40. The Kier molecular flexibility index (Phi) is 3.80. The van der Waals surface area contributed by atoms with Crippen LogP contribution in [0.3, 0.4) is 0 Å². The molecular weight excluding hydrogens is 370 g/mol. The Balaban J connectivity index is 2.28. The molecule has 0 radical (unpaired) electrons. The van der Waals surface area contributed by atoms with E-state index in [1.807, 2.05) is 6.07 Å². The minimum absolute atomic E-state index is 0.277. The molecule has 0 unspecified atom stereocenters. The number of halogens is 2. The molecule has 4 nitrogen and oxygen atoms in total. The number of amides is 1. The first-order chi connectivity index (χ1) is 8.08. The third kappa shape index (κ3) is 2.85. The van der Waals surface area contributed by atoms with E-state index in [2.05, 4.69) is 42.2 Å². The van der Waals surface area contributed by atoms with Crippen LogP contribution in [0, 0.1) is 0 Å². The van der Waals surface area contributed by atoms with Crippen molar-refractivity contribution in [1.82, 2.24) is 4.98 Å². The number of nitrogens with one attached hydrogen (secondary N) is 1. The largest absolute Gasteiger partial charge is 0.397 e.